The SMILES string of the molecule is CC(C)OCCN(C)c1ccc2c(C(=O)O)cccc2n1. The maximum absolute atomic E-state index is 11.2. The van der Waals surface area contributed by atoms with E-state index in [9.17, 15) is 9.90 Å². The zero-order valence-electron chi connectivity index (χ0n) is 12.5. The van der Waals surface area contributed by atoms with Gasteiger partial charge in [0.05, 0.1) is 23.8 Å². The molecule has 0 radical (unpaired) electrons. The summed E-state index contributed by atoms with van der Waals surface area (Å²) in [7, 11) is 1.94. The van der Waals surface area contributed by atoms with E-state index < -0.39 is 5.97 Å². The van der Waals surface area contributed by atoms with Gasteiger partial charge in [0.25, 0.3) is 0 Å². The van der Waals surface area contributed by atoms with Crippen LogP contribution in [0.5, 0.6) is 0 Å². The lowest BCUT2D eigenvalue weighted by Gasteiger charge is -2.19. The van der Waals surface area contributed by atoms with E-state index in [4.69, 9.17) is 4.74 Å². The highest BCUT2D eigenvalue weighted by atomic mass is 16.5. The molecule has 1 aromatic heterocycles. The van der Waals surface area contributed by atoms with E-state index in [1.807, 2.05) is 37.9 Å². The van der Waals surface area contributed by atoms with Crippen molar-refractivity contribution in [3.05, 3.63) is 35.9 Å². The molecule has 1 aromatic carbocycles. The Morgan fingerprint density at radius 1 is 1.33 bits per heavy atom. The van der Waals surface area contributed by atoms with Gasteiger partial charge in [-0.1, -0.05) is 6.07 Å². The highest BCUT2D eigenvalue weighted by Crippen LogP contribution is 2.21. The molecular formula is C16H20N2O3. The Labute approximate surface area is 124 Å². The molecular weight excluding hydrogens is 268 g/mol. The Hall–Kier alpha value is -2.14. The van der Waals surface area contributed by atoms with Crippen molar-refractivity contribution in [1.82, 2.24) is 4.98 Å². The number of anilines is 1. The summed E-state index contributed by atoms with van der Waals surface area (Å²) in [6.07, 6.45) is 0.209. The number of ether oxygens (including phenoxy) is 1. The monoisotopic (exact) mass is 288 g/mol. The van der Waals surface area contributed by atoms with Gasteiger partial charge in [-0.3, -0.25) is 0 Å². The standard InChI is InChI=1S/C16H20N2O3/c1-11(2)21-10-9-18(3)15-8-7-12-13(16(19)20)5-4-6-14(12)17-15/h4-8,11H,9-10H2,1-3H3,(H,19,20). The molecule has 0 saturated heterocycles. The van der Waals surface area contributed by atoms with Gasteiger partial charge in [0.15, 0.2) is 0 Å². The van der Waals surface area contributed by atoms with Crippen molar-refractivity contribution in [2.45, 2.75) is 20.0 Å². The summed E-state index contributed by atoms with van der Waals surface area (Å²) in [5.74, 6) is -0.133. The fourth-order valence-corrected chi connectivity index (χ4v) is 2.08. The highest BCUT2D eigenvalue weighted by Gasteiger charge is 2.10. The molecule has 2 rings (SSSR count). The Kier molecular flexibility index (Phi) is 4.75. The van der Waals surface area contributed by atoms with E-state index in [0.29, 0.717) is 17.5 Å². The van der Waals surface area contributed by atoms with Crippen LogP contribution in [0, 0.1) is 0 Å². The lowest BCUT2D eigenvalue weighted by Crippen LogP contribution is -2.24. The second-order valence-electron chi connectivity index (χ2n) is 5.19. The molecule has 0 saturated carbocycles. The number of hydrogen-bond acceptors (Lipinski definition) is 4. The smallest absolute Gasteiger partial charge is 0.336 e. The minimum absolute atomic E-state index is 0.209. The fourth-order valence-electron chi connectivity index (χ4n) is 2.08. The summed E-state index contributed by atoms with van der Waals surface area (Å²) in [6.45, 7) is 5.36. The number of aromatic nitrogens is 1. The molecule has 0 bridgehead atoms. The third-order valence-electron chi connectivity index (χ3n) is 3.22. The summed E-state index contributed by atoms with van der Waals surface area (Å²) in [4.78, 5) is 17.7. The van der Waals surface area contributed by atoms with Crippen LogP contribution in [0.15, 0.2) is 30.3 Å². The Morgan fingerprint density at radius 2 is 2.10 bits per heavy atom. The molecule has 0 aliphatic carbocycles. The number of hydrogen-bond donors (Lipinski definition) is 1. The van der Waals surface area contributed by atoms with Crippen LogP contribution in [0.4, 0.5) is 5.82 Å². The van der Waals surface area contributed by atoms with E-state index in [1.54, 1.807) is 18.2 Å². The third kappa shape index (κ3) is 3.70. The average Bonchev–Trinajstić information content (AvgIpc) is 2.45. The van der Waals surface area contributed by atoms with Crippen molar-refractivity contribution in [2.24, 2.45) is 0 Å². The van der Waals surface area contributed by atoms with Crippen LogP contribution in [-0.4, -0.2) is 42.4 Å². The van der Waals surface area contributed by atoms with Gasteiger partial charge in [0, 0.05) is 19.0 Å². The molecule has 5 nitrogen and oxygen atoms in total. The first kappa shape index (κ1) is 15.3. The molecule has 1 heterocycles. The first-order chi connectivity index (χ1) is 9.99. The second kappa shape index (κ2) is 6.54. The molecule has 0 aliphatic heterocycles. The fraction of sp³-hybridized carbons (Fsp3) is 0.375. The predicted octanol–water partition coefficient (Wildman–Crippen LogP) is 2.79. The van der Waals surface area contributed by atoms with E-state index in [2.05, 4.69) is 4.98 Å². The molecule has 1 N–H and O–H groups in total. The summed E-state index contributed by atoms with van der Waals surface area (Å²) < 4.78 is 5.52. The van der Waals surface area contributed by atoms with E-state index >= 15 is 0 Å². The maximum atomic E-state index is 11.2. The van der Waals surface area contributed by atoms with Gasteiger partial charge in [-0.25, -0.2) is 9.78 Å². The zero-order chi connectivity index (χ0) is 15.4. The largest absolute Gasteiger partial charge is 0.478 e. The van der Waals surface area contributed by atoms with Crippen LogP contribution in [0.2, 0.25) is 0 Å². The zero-order valence-corrected chi connectivity index (χ0v) is 12.5. The third-order valence-corrected chi connectivity index (χ3v) is 3.22. The maximum Gasteiger partial charge on any atom is 0.336 e. The number of fused-ring (bicyclic) bond motifs is 1. The van der Waals surface area contributed by atoms with Crippen molar-refractivity contribution in [3.63, 3.8) is 0 Å². The van der Waals surface area contributed by atoms with E-state index in [1.165, 1.54) is 0 Å². The number of carboxylic acids is 1. The first-order valence-electron chi connectivity index (χ1n) is 6.95. The van der Waals surface area contributed by atoms with Crippen LogP contribution in [-0.2, 0) is 4.74 Å². The molecule has 0 unspecified atom stereocenters. The van der Waals surface area contributed by atoms with Crippen LogP contribution in [0.1, 0.15) is 24.2 Å². The van der Waals surface area contributed by atoms with Gasteiger partial charge in [0.1, 0.15) is 5.82 Å². The number of rotatable bonds is 6. The molecule has 21 heavy (non-hydrogen) atoms. The van der Waals surface area contributed by atoms with Crippen LogP contribution < -0.4 is 4.90 Å². The second-order valence-corrected chi connectivity index (χ2v) is 5.19. The molecule has 0 atom stereocenters. The minimum atomic E-state index is -0.936. The summed E-state index contributed by atoms with van der Waals surface area (Å²) in [6, 6.07) is 8.77. The molecule has 0 fully saturated rings. The summed E-state index contributed by atoms with van der Waals surface area (Å²) >= 11 is 0. The van der Waals surface area contributed by atoms with Gasteiger partial charge in [-0.05, 0) is 38.1 Å². The van der Waals surface area contributed by atoms with Crippen LogP contribution >= 0.6 is 0 Å². The first-order valence-corrected chi connectivity index (χ1v) is 6.95. The summed E-state index contributed by atoms with van der Waals surface area (Å²) in [5, 5.41) is 9.83. The number of benzene rings is 1. The van der Waals surface area contributed by atoms with E-state index in [-0.39, 0.29) is 11.7 Å². The van der Waals surface area contributed by atoms with Crippen molar-refractivity contribution >= 4 is 22.7 Å². The van der Waals surface area contributed by atoms with Crippen LogP contribution in [0.3, 0.4) is 0 Å². The van der Waals surface area contributed by atoms with Crippen molar-refractivity contribution in [1.29, 1.82) is 0 Å². The predicted molar refractivity (Wildman–Crippen MR) is 83.1 cm³/mol. The van der Waals surface area contributed by atoms with Gasteiger partial charge in [-0.2, -0.15) is 0 Å². The Bertz CT molecular complexity index is 640. The lowest BCUT2D eigenvalue weighted by molar-refractivity contribution is 0.0699. The van der Waals surface area contributed by atoms with Crippen LogP contribution in [0.25, 0.3) is 10.9 Å². The van der Waals surface area contributed by atoms with Gasteiger partial charge in [-0.15, -0.1) is 0 Å². The average molecular weight is 288 g/mol. The number of likely N-dealkylation sites (N-methyl/N-ethyl adjacent to an activating group) is 1. The minimum Gasteiger partial charge on any atom is -0.478 e. The Balaban J connectivity index is 2.21. The highest BCUT2D eigenvalue weighted by molar-refractivity contribution is 6.02. The number of pyridine rings is 1. The van der Waals surface area contributed by atoms with Gasteiger partial charge >= 0.3 is 5.97 Å². The normalized spacial score (nSPS) is 11.0. The number of aromatic carboxylic acids is 1. The number of carbonyl (C=O) groups is 1. The molecule has 5 heteroatoms. The molecule has 0 aliphatic rings. The quantitative estimate of drug-likeness (QED) is 0.885. The van der Waals surface area contributed by atoms with Crippen molar-refractivity contribution in [3.8, 4) is 0 Å². The lowest BCUT2D eigenvalue weighted by atomic mass is 10.1. The topological polar surface area (TPSA) is 62.7 Å². The molecule has 2 aromatic rings. The Morgan fingerprint density at radius 3 is 2.76 bits per heavy atom. The number of nitrogens with zero attached hydrogens (tertiary/aromatic N) is 2. The van der Waals surface area contributed by atoms with Crippen molar-refractivity contribution < 1.29 is 14.6 Å². The molecule has 0 amide bonds. The molecule has 0 spiro atoms. The number of carboxylic acid groups (broad SMARTS) is 1. The summed E-state index contributed by atoms with van der Waals surface area (Å²) in [5.41, 5.74) is 0.960. The van der Waals surface area contributed by atoms with E-state index in [0.717, 1.165) is 12.4 Å². The van der Waals surface area contributed by atoms with Crippen molar-refractivity contribution in [2.75, 3.05) is 25.1 Å². The molecule has 112 valence electrons. The van der Waals surface area contributed by atoms with Gasteiger partial charge in [0.2, 0.25) is 0 Å². The van der Waals surface area contributed by atoms with Gasteiger partial charge < -0.3 is 14.7 Å².